The van der Waals surface area contributed by atoms with Crippen molar-refractivity contribution in [3.05, 3.63) is 47.2 Å². The number of benzene rings is 1. The minimum atomic E-state index is 0.694. The van der Waals surface area contributed by atoms with Crippen LogP contribution in [-0.2, 0) is 6.54 Å². The molecular formula is C18H26N4. The van der Waals surface area contributed by atoms with E-state index in [0.717, 1.165) is 24.6 Å². The number of anilines is 2. The molecule has 1 heterocycles. The average molecular weight is 298 g/mol. The fourth-order valence-corrected chi connectivity index (χ4v) is 2.34. The van der Waals surface area contributed by atoms with Crippen LogP contribution in [0.25, 0.3) is 0 Å². The van der Waals surface area contributed by atoms with Crippen LogP contribution in [0, 0.1) is 13.8 Å². The van der Waals surface area contributed by atoms with Gasteiger partial charge in [0.25, 0.3) is 0 Å². The Morgan fingerprint density at radius 1 is 1.14 bits per heavy atom. The third kappa shape index (κ3) is 4.72. The van der Waals surface area contributed by atoms with Gasteiger partial charge in [-0.2, -0.15) is 4.98 Å². The van der Waals surface area contributed by atoms with Crippen LogP contribution in [0.3, 0.4) is 0 Å². The molecule has 0 fully saturated rings. The van der Waals surface area contributed by atoms with Crippen LogP contribution in [-0.4, -0.2) is 23.6 Å². The first kappa shape index (κ1) is 16.3. The Bertz CT molecular complexity index is 610. The minimum Gasteiger partial charge on any atom is -0.360 e. The molecule has 0 bridgehead atoms. The highest BCUT2D eigenvalue weighted by Crippen LogP contribution is 2.15. The topological polar surface area (TPSA) is 41.1 Å². The van der Waals surface area contributed by atoms with Gasteiger partial charge in [-0.1, -0.05) is 43.2 Å². The van der Waals surface area contributed by atoms with Crippen LogP contribution >= 0.6 is 0 Å². The van der Waals surface area contributed by atoms with Crippen molar-refractivity contribution in [1.82, 2.24) is 9.97 Å². The zero-order valence-electron chi connectivity index (χ0n) is 14.1. The summed E-state index contributed by atoms with van der Waals surface area (Å²) in [5.74, 6) is 1.67. The first-order valence-corrected chi connectivity index (χ1v) is 7.94. The predicted molar refractivity (Wildman–Crippen MR) is 93.5 cm³/mol. The van der Waals surface area contributed by atoms with Gasteiger partial charge in [0, 0.05) is 31.9 Å². The Hall–Kier alpha value is -2.10. The van der Waals surface area contributed by atoms with Crippen molar-refractivity contribution in [3.63, 3.8) is 0 Å². The molecule has 0 atom stereocenters. The predicted octanol–water partition coefficient (Wildman–Crippen LogP) is 3.94. The van der Waals surface area contributed by atoms with Crippen molar-refractivity contribution in [2.24, 2.45) is 0 Å². The Labute approximate surface area is 133 Å². The van der Waals surface area contributed by atoms with Gasteiger partial charge in [-0.15, -0.1) is 0 Å². The number of nitrogens with zero attached hydrogens (tertiary/aromatic N) is 3. The van der Waals surface area contributed by atoms with E-state index in [1.165, 1.54) is 24.0 Å². The van der Waals surface area contributed by atoms with Crippen molar-refractivity contribution < 1.29 is 0 Å². The number of hydrogen-bond acceptors (Lipinski definition) is 4. The van der Waals surface area contributed by atoms with Gasteiger partial charge >= 0.3 is 0 Å². The summed E-state index contributed by atoms with van der Waals surface area (Å²) in [4.78, 5) is 11.3. The van der Waals surface area contributed by atoms with Gasteiger partial charge in [-0.3, -0.25) is 0 Å². The molecule has 0 aliphatic heterocycles. The van der Waals surface area contributed by atoms with E-state index >= 15 is 0 Å². The van der Waals surface area contributed by atoms with Crippen molar-refractivity contribution >= 4 is 11.8 Å². The number of nitrogens with one attached hydrogen (secondary N) is 1. The maximum Gasteiger partial charge on any atom is 0.225 e. The maximum atomic E-state index is 4.63. The first-order valence-electron chi connectivity index (χ1n) is 7.94. The zero-order chi connectivity index (χ0) is 15.9. The molecule has 1 aromatic heterocycles. The van der Waals surface area contributed by atoms with Crippen LogP contribution in [0.1, 0.15) is 36.6 Å². The van der Waals surface area contributed by atoms with Crippen molar-refractivity contribution in [2.45, 2.75) is 40.2 Å². The van der Waals surface area contributed by atoms with Crippen molar-refractivity contribution in [1.29, 1.82) is 0 Å². The average Bonchev–Trinajstić information content (AvgIpc) is 2.50. The standard InChI is InChI=1S/C18H26N4/c1-5-6-10-22(4)17-12-15(3)20-18(21-17)19-13-16-9-7-8-14(2)11-16/h7-9,11-12H,5-6,10,13H2,1-4H3,(H,19,20,21). The van der Waals surface area contributed by atoms with E-state index in [-0.39, 0.29) is 0 Å². The summed E-state index contributed by atoms with van der Waals surface area (Å²) >= 11 is 0. The molecule has 118 valence electrons. The van der Waals surface area contributed by atoms with Gasteiger partial charge in [-0.05, 0) is 25.8 Å². The van der Waals surface area contributed by atoms with E-state index < -0.39 is 0 Å². The van der Waals surface area contributed by atoms with Crippen LogP contribution in [0.15, 0.2) is 30.3 Å². The monoisotopic (exact) mass is 298 g/mol. The Kier molecular flexibility index (Phi) is 5.75. The Morgan fingerprint density at radius 2 is 1.95 bits per heavy atom. The third-order valence-corrected chi connectivity index (χ3v) is 3.61. The first-order chi connectivity index (χ1) is 10.6. The Balaban J connectivity index is 2.06. The highest BCUT2D eigenvalue weighted by Gasteiger charge is 2.06. The smallest absolute Gasteiger partial charge is 0.225 e. The second kappa shape index (κ2) is 7.78. The van der Waals surface area contributed by atoms with Crippen molar-refractivity contribution in [3.8, 4) is 0 Å². The number of aryl methyl sites for hydroxylation is 2. The summed E-state index contributed by atoms with van der Waals surface area (Å²) in [6.07, 6.45) is 2.36. The SMILES string of the molecule is CCCCN(C)c1cc(C)nc(NCc2cccc(C)c2)n1. The fraction of sp³-hybridized carbons (Fsp3) is 0.444. The molecule has 0 saturated carbocycles. The molecule has 1 N–H and O–H groups in total. The van der Waals surface area contributed by atoms with Crippen LogP contribution in [0.4, 0.5) is 11.8 Å². The van der Waals surface area contributed by atoms with E-state index in [0.29, 0.717) is 5.95 Å². The zero-order valence-corrected chi connectivity index (χ0v) is 14.1. The van der Waals surface area contributed by atoms with Crippen LogP contribution in [0.2, 0.25) is 0 Å². The lowest BCUT2D eigenvalue weighted by molar-refractivity contribution is 0.757. The maximum absolute atomic E-state index is 4.63. The molecule has 4 heteroatoms. The minimum absolute atomic E-state index is 0.694. The summed E-state index contributed by atoms with van der Waals surface area (Å²) in [7, 11) is 2.09. The number of aromatic nitrogens is 2. The summed E-state index contributed by atoms with van der Waals surface area (Å²) < 4.78 is 0. The van der Waals surface area contributed by atoms with Crippen molar-refractivity contribution in [2.75, 3.05) is 23.8 Å². The van der Waals surface area contributed by atoms with Gasteiger partial charge in [0.15, 0.2) is 0 Å². The van der Waals surface area contributed by atoms with Gasteiger partial charge in [0.2, 0.25) is 5.95 Å². The van der Waals surface area contributed by atoms with E-state index in [4.69, 9.17) is 0 Å². The van der Waals surface area contributed by atoms with Gasteiger partial charge in [-0.25, -0.2) is 4.98 Å². The lowest BCUT2D eigenvalue weighted by Crippen LogP contribution is -2.20. The molecule has 4 nitrogen and oxygen atoms in total. The molecule has 22 heavy (non-hydrogen) atoms. The van der Waals surface area contributed by atoms with Gasteiger partial charge < -0.3 is 10.2 Å². The molecule has 0 radical (unpaired) electrons. The number of unbranched alkanes of at least 4 members (excludes halogenated alkanes) is 1. The fourth-order valence-electron chi connectivity index (χ4n) is 2.34. The summed E-state index contributed by atoms with van der Waals surface area (Å²) in [5, 5.41) is 3.33. The van der Waals surface area contributed by atoms with Crippen LogP contribution < -0.4 is 10.2 Å². The van der Waals surface area contributed by atoms with E-state index in [1.54, 1.807) is 0 Å². The normalized spacial score (nSPS) is 10.5. The molecule has 0 amide bonds. The summed E-state index contributed by atoms with van der Waals surface area (Å²) in [6, 6.07) is 10.5. The largest absolute Gasteiger partial charge is 0.360 e. The molecular weight excluding hydrogens is 272 g/mol. The van der Waals surface area contributed by atoms with Crippen LogP contribution in [0.5, 0.6) is 0 Å². The molecule has 0 aliphatic carbocycles. The third-order valence-electron chi connectivity index (χ3n) is 3.61. The second-order valence-electron chi connectivity index (χ2n) is 5.81. The molecule has 0 aliphatic rings. The molecule has 0 spiro atoms. The van der Waals surface area contributed by atoms with E-state index in [9.17, 15) is 0 Å². The van der Waals surface area contributed by atoms with E-state index in [2.05, 4.69) is 65.3 Å². The highest BCUT2D eigenvalue weighted by molar-refractivity contribution is 5.44. The second-order valence-corrected chi connectivity index (χ2v) is 5.81. The molecule has 2 rings (SSSR count). The lowest BCUT2D eigenvalue weighted by Gasteiger charge is -2.19. The number of rotatable bonds is 7. The van der Waals surface area contributed by atoms with Gasteiger partial charge in [0.05, 0.1) is 0 Å². The number of hydrogen-bond donors (Lipinski definition) is 1. The molecule has 2 aromatic rings. The Morgan fingerprint density at radius 3 is 2.68 bits per heavy atom. The highest BCUT2D eigenvalue weighted by atomic mass is 15.2. The van der Waals surface area contributed by atoms with E-state index in [1.807, 2.05) is 13.0 Å². The lowest BCUT2D eigenvalue weighted by atomic mass is 10.1. The molecule has 0 saturated heterocycles. The molecule has 1 aromatic carbocycles. The summed E-state index contributed by atoms with van der Waals surface area (Å²) in [6.45, 7) is 8.07. The quantitative estimate of drug-likeness (QED) is 0.840. The molecule has 0 unspecified atom stereocenters. The van der Waals surface area contributed by atoms with Gasteiger partial charge in [0.1, 0.15) is 5.82 Å². The summed E-state index contributed by atoms with van der Waals surface area (Å²) in [5.41, 5.74) is 3.50.